The molecule has 0 saturated carbocycles. The molecular weight excluding hydrogens is 196 g/mol. The van der Waals surface area contributed by atoms with Gasteiger partial charge in [-0.25, -0.2) is 0 Å². The van der Waals surface area contributed by atoms with Crippen LogP contribution in [0.25, 0.3) is 0 Å². The van der Waals surface area contributed by atoms with E-state index in [1.165, 1.54) is 0 Å². The third kappa shape index (κ3) is 3.00. The first-order valence-corrected chi connectivity index (χ1v) is 5.11. The minimum absolute atomic E-state index is 0.175. The fraction of sp³-hybridized carbons (Fsp3) is 0.364. The van der Waals surface area contributed by atoms with Crippen molar-refractivity contribution >= 4 is 17.3 Å². The minimum atomic E-state index is 0.175. The van der Waals surface area contributed by atoms with Gasteiger partial charge in [0.05, 0.1) is 12.2 Å². The van der Waals surface area contributed by atoms with Gasteiger partial charge in [-0.2, -0.15) is 0 Å². The molecule has 1 aromatic carbocycles. The van der Waals surface area contributed by atoms with E-state index in [2.05, 4.69) is 6.92 Å². The largest absolute Gasteiger partial charge is 0.507 e. The summed E-state index contributed by atoms with van der Waals surface area (Å²) in [5.41, 5.74) is 0.596. The molecule has 0 aliphatic rings. The van der Waals surface area contributed by atoms with E-state index in [0.29, 0.717) is 17.2 Å². The molecule has 0 fully saturated rings. The molecule has 2 nitrogen and oxygen atoms in total. The summed E-state index contributed by atoms with van der Waals surface area (Å²) >= 11 is 5.04. The molecule has 0 radical (unpaired) electrons. The number of thiocarbonyl (C=S) groups is 1. The van der Waals surface area contributed by atoms with Crippen LogP contribution in [-0.2, 0) is 4.74 Å². The van der Waals surface area contributed by atoms with E-state index >= 15 is 0 Å². The highest BCUT2D eigenvalue weighted by Crippen LogP contribution is 2.17. The Hall–Kier alpha value is -1.09. The summed E-state index contributed by atoms with van der Waals surface area (Å²) in [6, 6.07) is 6.94. The van der Waals surface area contributed by atoms with E-state index in [9.17, 15) is 5.11 Å². The van der Waals surface area contributed by atoms with E-state index in [4.69, 9.17) is 17.0 Å². The topological polar surface area (TPSA) is 29.5 Å². The summed E-state index contributed by atoms with van der Waals surface area (Å²) in [6.07, 6.45) is 2.05. The van der Waals surface area contributed by atoms with Gasteiger partial charge in [0.1, 0.15) is 5.75 Å². The first-order valence-electron chi connectivity index (χ1n) is 4.70. The third-order valence-electron chi connectivity index (χ3n) is 1.86. The average molecular weight is 210 g/mol. The lowest BCUT2D eigenvalue weighted by Crippen LogP contribution is -2.04. The molecule has 0 spiro atoms. The van der Waals surface area contributed by atoms with Crippen molar-refractivity contribution in [3.05, 3.63) is 29.8 Å². The number of ether oxygens (including phenoxy) is 1. The van der Waals surface area contributed by atoms with Gasteiger partial charge < -0.3 is 9.84 Å². The van der Waals surface area contributed by atoms with E-state index in [-0.39, 0.29) is 5.75 Å². The molecule has 1 rings (SSSR count). The molecule has 0 heterocycles. The van der Waals surface area contributed by atoms with Gasteiger partial charge in [0.2, 0.25) is 0 Å². The van der Waals surface area contributed by atoms with E-state index in [0.717, 1.165) is 12.8 Å². The minimum Gasteiger partial charge on any atom is -0.507 e. The van der Waals surface area contributed by atoms with Crippen LogP contribution in [0.15, 0.2) is 24.3 Å². The van der Waals surface area contributed by atoms with Gasteiger partial charge in [-0.15, -0.1) is 0 Å². The fourth-order valence-corrected chi connectivity index (χ4v) is 1.29. The molecule has 0 saturated heterocycles. The first-order chi connectivity index (χ1) is 6.75. The Labute approximate surface area is 89.5 Å². The Bertz CT molecular complexity index is 310. The molecule has 14 heavy (non-hydrogen) atoms. The Balaban J connectivity index is 2.56. The van der Waals surface area contributed by atoms with Crippen molar-refractivity contribution in [1.29, 1.82) is 0 Å². The fourth-order valence-electron chi connectivity index (χ4n) is 1.03. The molecule has 0 aromatic heterocycles. The van der Waals surface area contributed by atoms with Crippen LogP contribution >= 0.6 is 12.2 Å². The number of phenolic OH excluding ortho intramolecular Hbond substituents is 1. The van der Waals surface area contributed by atoms with Crippen LogP contribution in [0.2, 0.25) is 0 Å². The van der Waals surface area contributed by atoms with Crippen molar-refractivity contribution in [2.75, 3.05) is 6.61 Å². The van der Waals surface area contributed by atoms with Gasteiger partial charge >= 0.3 is 0 Å². The first kappa shape index (κ1) is 11.0. The van der Waals surface area contributed by atoms with Crippen molar-refractivity contribution in [3.8, 4) is 5.75 Å². The third-order valence-corrected chi connectivity index (χ3v) is 2.19. The highest BCUT2D eigenvalue weighted by atomic mass is 32.1. The molecule has 0 aliphatic carbocycles. The van der Waals surface area contributed by atoms with Crippen molar-refractivity contribution in [2.24, 2.45) is 0 Å². The monoisotopic (exact) mass is 210 g/mol. The van der Waals surface area contributed by atoms with Crippen LogP contribution < -0.4 is 0 Å². The smallest absolute Gasteiger partial charge is 0.194 e. The lowest BCUT2D eigenvalue weighted by molar-refractivity contribution is 0.304. The summed E-state index contributed by atoms with van der Waals surface area (Å²) in [5, 5.41) is 9.84. The number of hydrogen-bond donors (Lipinski definition) is 1. The van der Waals surface area contributed by atoms with Crippen LogP contribution in [0.5, 0.6) is 5.75 Å². The highest BCUT2D eigenvalue weighted by molar-refractivity contribution is 7.80. The Morgan fingerprint density at radius 3 is 2.79 bits per heavy atom. The van der Waals surface area contributed by atoms with Gasteiger partial charge in [0, 0.05) is 0 Å². The number of benzene rings is 1. The molecule has 0 aliphatic heterocycles. The summed E-state index contributed by atoms with van der Waals surface area (Å²) < 4.78 is 5.32. The molecule has 0 unspecified atom stereocenters. The second kappa shape index (κ2) is 5.60. The SMILES string of the molecule is CCCCOC(=S)c1ccccc1O. The lowest BCUT2D eigenvalue weighted by atomic mass is 10.2. The van der Waals surface area contributed by atoms with Crippen LogP contribution in [0.3, 0.4) is 0 Å². The Morgan fingerprint density at radius 1 is 1.43 bits per heavy atom. The van der Waals surface area contributed by atoms with Crippen molar-refractivity contribution in [2.45, 2.75) is 19.8 Å². The van der Waals surface area contributed by atoms with Crippen LogP contribution in [0.1, 0.15) is 25.3 Å². The van der Waals surface area contributed by atoms with E-state index in [1.807, 2.05) is 6.07 Å². The van der Waals surface area contributed by atoms with Crippen LogP contribution in [-0.4, -0.2) is 16.8 Å². The molecule has 0 amide bonds. The quantitative estimate of drug-likeness (QED) is 0.612. The maximum Gasteiger partial charge on any atom is 0.194 e. The second-order valence-corrected chi connectivity index (χ2v) is 3.38. The number of aromatic hydroxyl groups is 1. The van der Waals surface area contributed by atoms with Gasteiger partial charge in [-0.1, -0.05) is 25.5 Å². The van der Waals surface area contributed by atoms with Crippen molar-refractivity contribution < 1.29 is 9.84 Å². The van der Waals surface area contributed by atoms with Crippen LogP contribution in [0, 0.1) is 0 Å². The zero-order valence-electron chi connectivity index (χ0n) is 8.19. The van der Waals surface area contributed by atoms with Gasteiger partial charge in [0.15, 0.2) is 5.05 Å². The van der Waals surface area contributed by atoms with Gasteiger partial charge in [0.25, 0.3) is 0 Å². The summed E-state index contributed by atoms with van der Waals surface area (Å²) in [5.74, 6) is 0.175. The van der Waals surface area contributed by atoms with Crippen molar-refractivity contribution in [3.63, 3.8) is 0 Å². The zero-order valence-corrected chi connectivity index (χ0v) is 9.01. The Kier molecular flexibility index (Phi) is 4.40. The normalized spacial score (nSPS) is 9.79. The Morgan fingerprint density at radius 2 is 2.14 bits per heavy atom. The number of hydrogen-bond acceptors (Lipinski definition) is 3. The van der Waals surface area contributed by atoms with Gasteiger partial charge in [-0.05, 0) is 30.8 Å². The number of unbranched alkanes of at least 4 members (excludes halogenated alkanes) is 1. The molecule has 3 heteroatoms. The molecular formula is C11H14O2S. The second-order valence-electron chi connectivity index (χ2n) is 3.01. The maximum absolute atomic E-state index is 9.47. The highest BCUT2D eigenvalue weighted by Gasteiger charge is 2.06. The number of phenols is 1. The molecule has 1 aromatic rings. The van der Waals surface area contributed by atoms with Gasteiger partial charge in [-0.3, -0.25) is 0 Å². The number of rotatable bonds is 4. The number of para-hydroxylation sites is 1. The summed E-state index contributed by atoms with van der Waals surface area (Å²) in [7, 11) is 0. The predicted molar refractivity (Wildman–Crippen MR) is 60.7 cm³/mol. The maximum atomic E-state index is 9.47. The van der Waals surface area contributed by atoms with E-state index in [1.54, 1.807) is 18.2 Å². The molecule has 0 atom stereocenters. The molecule has 76 valence electrons. The van der Waals surface area contributed by atoms with E-state index < -0.39 is 0 Å². The van der Waals surface area contributed by atoms with Crippen LogP contribution in [0.4, 0.5) is 0 Å². The lowest BCUT2D eigenvalue weighted by Gasteiger charge is -2.07. The standard InChI is InChI=1S/C11H14O2S/c1-2-3-8-13-11(14)9-6-4-5-7-10(9)12/h4-7,12H,2-3,8H2,1H3. The van der Waals surface area contributed by atoms with Crippen molar-refractivity contribution in [1.82, 2.24) is 0 Å². The zero-order chi connectivity index (χ0) is 10.4. The average Bonchev–Trinajstić information content (AvgIpc) is 2.18. The molecule has 0 bridgehead atoms. The molecule has 1 N–H and O–H groups in total. The summed E-state index contributed by atoms with van der Waals surface area (Å²) in [6.45, 7) is 2.70. The summed E-state index contributed by atoms with van der Waals surface area (Å²) in [4.78, 5) is 0. The predicted octanol–water partition coefficient (Wildman–Crippen LogP) is 2.88.